The summed E-state index contributed by atoms with van der Waals surface area (Å²) in [7, 11) is 0. The summed E-state index contributed by atoms with van der Waals surface area (Å²) in [5.41, 5.74) is 3.33. The third kappa shape index (κ3) is 3.42. The van der Waals surface area contributed by atoms with E-state index in [9.17, 15) is 4.79 Å². The summed E-state index contributed by atoms with van der Waals surface area (Å²) >= 11 is 0. The molecule has 0 radical (unpaired) electrons. The minimum atomic E-state index is -0.194. The van der Waals surface area contributed by atoms with Crippen LogP contribution in [0.1, 0.15) is 37.0 Å². The molecule has 0 saturated carbocycles. The van der Waals surface area contributed by atoms with Crippen LogP contribution in [0.3, 0.4) is 0 Å². The van der Waals surface area contributed by atoms with E-state index in [4.69, 9.17) is 10.6 Å². The minimum Gasteiger partial charge on any atom is -0.375 e. The first kappa shape index (κ1) is 13.8. The molecule has 1 atom stereocenters. The predicted molar refractivity (Wildman–Crippen MR) is 72.6 cm³/mol. The number of pyridine rings is 1. The predicted octanol–water partition coefficient (Wildman–Crippen LogP) is 1.05. The lowest BCUT2D eigenvalue weighted by atomic mass is 9.94. The van der Waals surface area contributed by atoms with Gasteiger partial charge in [-0.15, -0.1) is 0 Å². The van der Waals surface area contributed by atoms with E-state index >= 15 is 0 Å². The maximum absolute atomic E-state index is 12.2. The molecule has 0 spiro atoms. The average molecular weight is 264 g/mol. The summed E-state index contributed by atoms with van der Waals surface area (Å²) in [5.74, 6) is 5.22. The van der Waals surface area contributed by atoms with Gasteiger partial charge in [0.05, 0.1) is 16.9 Å². The van der Waals surface area contributed by atoms with Gasteiger partial charge in [-0.2, -0.15) is 0 Å². The highest BCUT2D eigenvalue weighted by molar-refractivity contribution is 5.99. The van der Waals surface area contributed by atoms with E-state index in [0.29, 0.717) is 17.9 Å². The van der Waals surface area contributed by atoms with Crippen molar-refractivity contribution in [3.63, 3.8) is 0 Å². The Morgan fingerprint density at radius 1 is 1.58 bits per heavy atom. The zero-order chi connectivity index (χ0) is 13.9. The number of anilines is 1. The number of carbonyl (C=O) groups excluding carboxylic acids is 1. The molecular formula is C13H20N4O2. The zero-order valence-corrected chi connectivity index (χ0v) is 11.3. The van der Waals surface area contributed by atoms with Crippen molar-refractivity contribution in [2.45, 2.75) is 38.3 Å². The van der Waals surface area contributed by atoms with Crippen molar-refractivity contribution in [3.8, 4) is 0 Å². The first-order valence-corrected chi connectivity index (χ1v) is 6.37. The number of ether oxygens (including phenoxy) is 1. The lowest BCUT2D eigenvalue weighted by Gasteiger charge is -2.35. The molecule has 19 heavy (non-hydrogen) atoms. The van der Waals surface area contributed by atoms with E-state index in [1.54, 1.807) is 12.3 Å². The summed E-state index contributed by atoms with van der Waals surface area (Å²) in [4.78, 5) is 16.2. The van der Waals surface area contributed by atoms with Crippen molar-refractivity contribution in [1.29, 1.82) is 0 Å². The van der Waals surface area contributed by atoms with E-state index in [1.807, 2.05) is 13.8 Å². The Hall–Kier alpha value is -1.66. The number of hydrogen-bond acceptors (Lipinski definition) is 5. The van der Waals surface area contributed by atoms with Crippen LogP contribution in [0.4, 0.5) is 5.69 Å². The molecule has 2 rings (SSSR count). The summed E-state index contributed by atoms with van der Waals surface area (Å²) in [5, 5.41) is 3.01. The van der Waals surface area contributed by atoms with Gasteiger partial charge in [-0.05, 0) is 32.8 Å². The summed E-state index contributed by atoms with van der Waals surface area (Å²) in [6, 6.07) is 1.78. The average Bonchev–Trinajstić information content (AvgIpc) is 2.37. The standard InChI is InChI=1S/C13H20N4O2/c1-13(2)7-9(4-6-19-13)16-12(18)10-8-15-5-3-11(10)17-14/h3,5,8-9H,4,6-7,14H2,1-2H3,(H,15,17)(H,16,18). The minimum absolute atomic E-state index is 0.113. The molecule has 1 fully saturated rings. The SMILES string of the molecule is CC1(C)CC(NC(=O)c2cnccc2NN)CCO1. The van der Waals surface area contributed by atoms with E-state index < -0.39 is 0 Å². The van der Waals surface area contributed by atoms with Crippen molar-refractivity contribution in [2.24, 2.45) is 5.84 Å². The first-order valence-electron chi connectivity index (χ1n) is 6.37. The molecule has 6 nitrogen and oxygen atoms in total. The molecule has 0 aromatic carbocycles. The van der Waals surface area contributed by atoms with Gasteiger partial charge in [0.25, 0.3) is 5.91 Å². The monoisotopic (exact) mass is 264 g/mol. The first-order chi connectivity index (χ1) is 9.02. The number of carbonyl (C=O) groups is 1. The van der Waals surface area contributed by atoms with Crippen molar-refractivity contribution in [3.05, 3.63) is 24.0 Å². The molecule has 1 aliphatic rings. The van der Waals surface area contributed by atoms with Crippen LogP contribution in [0.2, 0.25) is 0 Å². The zero-order valence-electron chi connectivity index (χ0n) is 11.3. The van der Waals surface area contributed by atoms with Crippen molar-refractivity contribution >= 4 is 11.6 Å². The van der Waals surface area contributed by atoms with Crippen molar-refractivity contribution in [2.75, 3.05) is 12.0 Å². The highest BCUT2D eigenvalue weighted by Crippen LogP contribution is 2.24. The normalized spacial score (nSPS) is 21.7. The Labute approximate surface area is 112 Å². The van der Waals surface area contributed by atoms with Crippen LogP contribution in [0.25, 0.3) is 0 Å². The number of nitrogens with two attached hydrogens (primary N) is 1. The number of aromatic nitrogens is 1. The molecule has 2 heterocycles. The van der Waals surface area contributed by atoms with Crippen LogP contribution < -0.4 is 16.6 Å². The molecular weight excluding hydrogens is 244 g/mol. The quantitative estimate of drug-likeness (QED) is 0.561. The van der Waals surface area contributed by atoms with Gasteiger partial charge < -0.3 is 15.5 Å². The maximum atomic E-state index is 12.2. The van der Waals surface area contributed by atoms with Gasteiger partial charge >= 0.3 is 0 Å². The molecule has 4 N–H and O–H groups in total. The lowest BCUT2D eigenvalue weighted by Crippen LogP contribution is -2.46. The Morgan fingerprint density at radius 2 is 2.37 bits per heavy atom. The van der Waals surface area contributed by atoms with E-state index in [1.165, 1.54) is 6.20 Å². The molecule has 1 aliphatic heterocycles. The fraction of sp³-hybridized carbons (Fsp3) is 0.538. The molecule has 104 valence electrons. The summed E-state index contributed by atoms with van der Waals surface area (Å²) in [6.07, 6.45) is 4.71. The molecule has 1 amide bonds. The summed E-state index contributed by atoms with van der Waals surface area (Å²) in [6.45, 7) is 4.72. The number of rotatable bonds is 3. The maximum Gasteiger partial charge on any atom is 0.255 e. The number of amides is 1. The van der Waals surface area contributed by atoms with E-state index in [0.717, 1.165) is 12.8 Å². The number of nitrogens with one attached hydrogen (secondary N) is 2. The molecule has 6 heteroatoms. The van der Waals surface area contributed by atoms with Crippen LogP contribution in [0.5, 0.6) is 0 Å². The van der Waals surface area contributed by atoms with Crippen LogP contribution in [-0.2, 0) is 4.74 Å². The highest BCUT2D eigenvalue weighted by Gasteiger charge is 2.30. The van der Waals surface area contributed by atoms with Crippen LogP contribution in [0.15, 0.2) is 18.5 Å². The lowest BCUT2D eigenvalue weighted by molar-refractivity contribution is -0.0615. The topological polar surface area (TPSA) is 89.3 Å². The highest BCUT2D eigenvalue weighted by atomic mass is 16.5. The Bertz CT molecular complexity index is 462. The van der Waals surface area contributed by atoms with E-state index in [-0.39, 0.29) is 17.6 Å². The van der Waals surface area contributed by atoms with Gasteiger partial charge in [0.2, 0.25) is 0 Å². The van der Waals surface area contributed by atoms with Crippen molar-refractivity contribution in [1.82, 2.24) is 10.3 Å². The number of hydrazine groups is 1. The third-order valence-electron chi connectivity index (χ3n) is 3.25. The van der Waals surface area contributed by atoms with E-state index in [2.05, 4.69) is 15.7 Å². The van der Waals surface area contributed by atoms with Gasteiger partial charge in [0.15, 0.2) is 0 Å². The molecule has 1 aromatic heterocycles. The van der Waals surface area contributed by atoms with Gasteiger partial charge in [0.1, 0.15) is 0 Å². The van der Waals surface area contributed by atoms with Gasteiger partial charge in [-0.1, -0.05) is 0 Å². The molecule has 1 unspecified atom stereocenters. The Kier molecular flexibility index (Phi) is 4.01. The molecule has 0 bridgehead atoms. The Morgan fingerprint density at radius 3 is 3.05 bits per heavy atom. The smallest absolute Gasteiger partial charge is 0.255 e. The third-order valence-corrected chi connectivity index (χ3v) is 3.25. The molecule has 1 saturated heterocycles. The van der Waals surface area contributed by atoms with Crippen LogP contribution >= 0.6 is 0 Å². The van der Waals surface area contributed by atoms with Crippen molar-refractivity contribution < 1.29 is 9.53 Å². The largest absolute Gasteiger partial charge is 0.375 e. The fourth-order valence-corrected chi connectivity index (χ4v) is 2.32. The number of hydrogen-bond donors (Lipinski definition) is 3. The molecule has 0 aliphatic carbocycles. The van der Waals surface area contributed by atoms with Crippen LogP contribution in [0, 0.1) is 0 Å². The summed E-state index contributed by atoms with van der Waals surface area (Å²) < 4.78 is 5.63. The van der Waals surface area contributed by atoms with Crippen LogP contribution in [-0.4, -0.2) is 29.1 Å². The molecule has 1 aromatic rings. The fourth-order valence-electron chi connectivity index (χ4n) is 2.32. The Balaban J connectivity index is 2.05. The van der Waals surface area contributed by atoms with Gasteiger partial charge in [-0.3, -0.25) is 15.6 Å². The second kappa shape index (κ2) is 5.54. The second-order valence-corrected chi connectivity index (χ2v) is 5.34. The number of nitrogen functional groups attached to an aromatic ring is 1. The number of nitrogens with zero attached hydrogens (tertiary/aromatic N) is 1. The van der Waals surface area contributed by atoms with Gasteiger partial charge in [0, 0.05) is 25.0 Å². The van der Waals surface area contributed by atoms with Gasteiger partial charge in [-0.25, -0.2) is 0 Å². The second-order valence-electron chi connectivity index (χ2n) is 5.34.